The highest BCUT2D eigenvalue weighted by molar-refractivity contribution is 9.11. The Kier molecular flexibility index (Phi) is 5.24. The number of aliphatic hydroxyl groups excluding tert-OH is 1. The number of hydrogen-bond donors (Lipinski definition) is 2. The first-order valence-corrected chi connectivity index (χ1v) is 5.89. The van der Waals surface area contributed by atoms with Crippen LogP contribution in [0.5, 0.6) is 0 Å². The molecule has 1 aromatic heterocycles. The number of ketones is 1. The Morgan fingerprint density at radius 2 is 2.28 bits per heavy atom. The maximum absolute atomic E-state index is 11.5. The zero-order valence-corrected chi connectivity index (χ0v) is 11.2. The van der Waals surface area contributed by atoms with Crippen molar-refractivity contribution in [2.75, 3.05) is 0 Å². The van der Waals surface area contributed by atoms with Gasteiger partial charge in [-0.3, -0.25) is 4.79 Å². The van der Waals surface area contributed by atoms with E-state index in [0.29, 0.717) is 0 Å². The van der Waals surface area contributed by atoms with E-state index in [9.17, 15) is 14.7 Å². The number of aromatic nitrogens is 1. The summed E-state index contributed by atoms with van der Waals surface area (Å²) in [7, 11) is 0. The van der Waals surface area contributed by atoms with Gasteiger partial charge in [-0.25, -0.2) is 9.78 Å². The zero-order valence-electron chi connectivity index (χ0n) is 9.59. The summed E-state index contributed by atoms with van der Waals surface area (Å²) in [6, 6.07) is 0. The molecule has 1 atom stereocenters. The van der Waals surface area contributed by atoms with E-state index in [1.54, 1.807) is 6.92 Å². The Labute approximate surface area is 111 Å². The summed E-state index contributed by atoms with van der Waals surface area (Å²) in [5.74, 6) is -1.47. The van der Waals surface area contributed by atoms with E-state index in [2.05, 4.69) is 20.9 Å². The van der Waals surface area contributed by atoms with Crippen molar-refractivity contribution in [3.05, 3.63) is 28.4 Å². The van der Waals surface area contributed by atoms with E-state index in [0.717, 1.165) is 10.7 Å². The molecule has 0 fully saturated rings. The van der Waals surface area contributed by atoms with Crippen LogP contribution in [0.3, 0.4) is 0 Å². The molecular formula is C11H12BrNO5. The van der Waals surface area contributed by atoms with Crippen molar-refractivity contribution in [2.24, 2.45) is 0 Å². The fraction of sp³-hybridized carbons (Fsp3) is 0.364. The first-order valence-electron chi connectivity index (χ1n) is 5.10. The number of oxazole rings is 1. The molecule has 18 heavy (non-hydrogen) atoms. The van der Waals surface area contributed by atoms with Gasteiger partial charge in [-0.05, 0) is 17.5 Å². The number of carbonyl (C=O) groups excluding carboxylic acids is 1. The third-order valence-corrected chi connectivity index (χ3v) is 2.24. The predicted octanol–water partition coefficient (Wildman–Crippen LogP) is 1.53. The summed E-state index contributed by atoms with van der Waals surface area (Å²) in [6.07, 6.45) is 1.37. The zero-order chi connectivity index (χ0) is 13.7. The monoisotopic (exact) mass is 317 g/mol. The standard InChI is InChI=1S/C11H12BrNO5/c1-6(12)2-7(14)3-8(15)4-10-13-9(5-18-10)11(16)17/h2,5,7,14H,3-4H2,1H3,(H,16,17)/b6-2+. The second-order valence-electron chi connectivity index (χ2n) is 3.67. The fourth-order valence-corrected chi connectivity index (χ4v) is 1.59. The summed E-state index contributed by atoms with van der Waals surface area (Å²) in [5.41, 5.74) is -0.241. The van der Waals surface area contributed by atoms with E-state index in [1.807, 2.05) is 0 Å². The second-order valence-corrected chi connectivity index (χ2v) is 4.92. The molecule has 0 aromatic carbocycles. The van der Waals surface area contributed by atoms with E-state index in [1.165, 1.54) is 6.08 Å². The Hall–Kier alpha value is -1.47. The van der Waals surface area contributed by atoms with Gasteiger partial charge in [0.05, 0.1) is 12.5 Å². The molecule has 0 bridgehead atoms. The highest BCUT2D eigenvalue weighted by Gasteiger charge is 2.15. The third kappa shape index (κ3) is 4.80. The Bertz CT molecular complexity index is 476. The topological polar surface area (TPSA) is 101 Å². The third-order valence-electron chi connectivity index (χ3n) is 1.98. The average Bonchev–Trinajstić information content (AvgIpc) is 2.63. The number of nitrogens with zero attached hydrogens (tertiary/aromatic N) is 1. The van der Waals surface area contributed by atoms with Crippen molar-refractivity contribution < 1.29 is 24.2 Å². The number of aromatic carboxylic acids is 1. The van der Waals surface area contributed by atoms with Crippen LogP contribution in [0.4, 0.5) is 0 Å². The molecule has 1 rings (SSSR count). The maximum atomic E-state index is 11.5. The lowest BCUT2D eigenvalue weighted by molar-refractivity contribution is -0.120. The molecule has 0 saturated carbocycles. The van der Waals surface area contributed by atoms with Crippen LogP contribution in [0.15, 0.2) is 21.2 Å². The van der Waals surface area contributed by atoms with Gasteiger partial charge in [0.15, 0.2) is 5.69 Å². The normalized spacial score (nSPS) is 13.4. The van der Waals surface area contributed by atoms with Crippen molar-refractivity contribution in [1.82, 2.24) is 4.98 Å². The number of allylic oxidation sites excluding steroid dienone is 1. The minimum atomic E-state index is -1.21. The molecule has 0 aliphatic carbocycles. The number of carboxylic acids is 1. The molecule has 1 heterocycles. The van der Waals surface area contributed by atoms with E-state index >= 15 is 0 Å². The lowest BCUT2D eigenvalue weighted by Crippen LogP contribution is -2.13. The van der Waals surface area contributed by atoms with Crippen LogP contribution < -0.4 is 0 Å². The molecular weight excluding hydrogens is 306 g/mol. The van der Waals surface area contributed by atoms with Crippen LogP contribution in [-0.2, 0) is 11.2 Å². The molecule has 0 amide bonds. The molecule has 6 nitrogen and oxygen atoms in total. The molecule has 0 spiro atoms. The molecule has 7 heteroatoms. The smallest absolute Gasteiger partial charge is 0.357 e. The number of rotatable bonds is 6. The van der Waals surface area contributed by atoms with Gasteiger partial charge in [-0.15, -0.1) is 0 Å². The average molecular weight is 318 g/mol. The van der Waals surface area contributed by atoms with Gasteiger partial charge >= 0.3 is 5.97 Å². The minimum Gasteiger partial charge on any atom is -0.476 e. The van der Waals surface area contributed by atoms with E-state index in [4.69, 9.17) is 9.52 Å². The van der Waals surface area contributed by atoms with Crippen LogP contribution in [-0.4, -0.2) is 33.1 Å². The lowest BCUT2D eigenvalue weighted by atomic mass is 10.1. The minimum absolute atomic E-state index is 0.0316. The Balaban J connectivity index is 2.54. The van der Waals surface area contributed by atoms with Crippen molar-refractivity contribution in [3.8, 4) is 0 Å². The number of hydrogen-bond acceptors (Lipinski definition) is 5. The quantitative estimate of drug-likeness (QED) is 0.825. The molecule has 2 N–H and O–H groups in total. The highest BCUT2D eigenvalue weighted by Crippen LogP contribution is 2.09. The van der Waals surface area contributed by atoms with Gasteiger partial charge in [-0.1, -0.05) is 15.9 Å². The maximum Gasteiger partial charge on any atom is 0.357 e. The fourth-order valence-electron chi connectivity index (χ4n) is 1.29. The van der Waals surface area contributed by atoms with Gasteiger partial charge in [0.25, 0.3) is 0 Å². The largest absolute Gasteiger partial charge is 0.476 e. The Morgan fingerprint density at radius 3 is 2.78 bits per heavy atom. The molecule has 98 valence electrons. The number of Topliss-reactive ketones (excluding diaryl/α,β-unsaturated/α-hetero) is 1. The predicted molar refractivity (Wildman–Crippen MR) is 65.5 cm³/mol. The lowest BCUT2D eigenvalue weighted by Gasteiger charge is -2.03. The summed E-state index contributed by atoms with van der Waals surface area (Å²) < 4.78 is 5.57. The molecule has 1 unspecified atom stereocenters. The van der Waals surface area contributed by atoms with Crippen LogP contribution in [0.2, 0.25) is 0 Å². The van der Waals surface area contributed by atoms with E-state index < -0.39 is 12.1 Å². The summed E-state index contributed by atoms with van der Waals surface area (Å²) in [5, 5.41) is 18.1. The molecule has 1 aromatic rings. The summed E-state index contributed by atoms with van der Waals surface area (Å²) in [6.45, 7) is 1.74. The molecule has 0 aliphatic rings. The van der Waals surface area contributed by atoms with Crippen LogP contribution in [0.1, 0.15) is 29.7 Å². The van der Waals surface area contributed by atoms with Crippen LogP contribution >= 0.6 is 15.9 Å². The first kappa shape index (κ1) is 14.6. The van der Waals surface area contributed by atoms with Crippen molar-refractivity contribution in [2.45, 2.75) is 25.9 Å². The van der Waals surface area contributed by atoms with Gasteiger partial charge in [0.1, 0.15) is 12.0 Å². The van der Waals surface area contributed by atoms with Crippen LogP contribution in [0.25, 0.3) is 0 Å². The summed E-state index contributed by atoms with van der Waals surface area (Å²) in [4.78, 5) is 25.7. The number of carbonyl (C=O) groups is 2. The number of carboxylic acid groups (broad SMARTS) is 1. The Morgan fingerprint density at radius 1 is 1.61 bits per heavy atom. The van der Waals surface area contributed by atoms with Crippen molar-refractivity contribution >= 4 is 27.7 Å². The number of halogens is 1. The SMILES string of the molecule is C/C(Br)=C\C(O)CC(=O)Cc1nc(C(=O)O)co1. The van der Waals surface area contributed by atoms with Crippen molar-refractivity contribution in [1.29, 1.82) is 0 Å². The van der Waals surface area contributed by atoms with Gasteiger partial charge in [0, 0.05) is 6.42 Å². The molecule has 0 saturated heterocycles. The van der Waals surface area contributed by atoms with Crippen molar-refractivity contribution in [3.63, 3.8) is 0 Å². The summed E-state index contributed by atoms with van der Waals surface area (Å²) >= 11 is 3.14. The first-order chi connectivity index (χ1) is 8.38. The molecule has 0 aliphatic heterocycles. The highest BCUT2D eigenvalue weighted by atomic mass is 79.9. The number of aliphatic hydroxyl groups is 1. The molecule has 0 radical (unpaired) electrons. The second kappa shape index (κ2) is 6.46. The van der Waals surface area contributed by atoms with Crippen LogP contribution in [0, 0.1) is 0 Å². The van der Waals surface area contributed by atoms with Gasteiger partial charge < -0.3 is 14.6 Å². The van der Waals surface area contributed by atoms with E-state index in [-0.39, 0.29) is 30.2 Å². The van der Waals surface area contributed by atoms with Gasteiger partial charge in [-0.2, -0.15) is 0 Å². The van der Waals surface area contributed by atoms with Gasteiger partial charge in [0.2, 0.25) is 5.89 Å².